The Morgan fingerprint density at radius 3 is 2.38 bits per heavy atom. The van der Waals surface area contributed by atoms with Gasteiger partial charge in [0.2, 0.25) is 0 Å². The van der Waals surface area contributed by atoms with Crippen LogP contribution in [0.2, 0.25) is 0 Å². The lowest BCUT2D eigenvalue weighted by atomic mass is 9.96. The number of amides is 2. The molecule has 0 spiro atoms. The normalized spacial score (nSPS) is 12.1. The van der Waals surface area contributed by atoms with Gasteiger partial charge in [0, 0.05) is 25.4 Å². The zero-order valence-electron chi connectivity index (χ0n) is 14.3. The Morgan fingerprint density at radius 2 is 1.83 bits per heavy atom. The van der Waals surface area contributed by atoms with Gasteiger partial charge in [-0.25, -0.2) is 4.79 Å². The van der Waals surface area contributed by atoms with Crippen LogP contribution in [-0.4, -0.2) is 41.9 Å². The Morgan fingerprint density at radius 1 is 1.21 bits per heavy atom. The molecule has 0 aliphatic heterocycles. The van der Waals surface area contributed by atoms with E-state index in [0.717, 1.165) is 0 Å². The minimum Gasteiger partial charge on any atom is -0.396 e. The fourth-order valence-electron chi connectivity index (χ4n) is 2.29. The van der Waals surface area contributed by atoms with Crippen LogP contribution in [0.3, 0.4) is 0 Å². The SMILES string of the molecule is CC(C)(C)CN(CCCO)C(=O)Nc1ccccc1CC(F)(F)F. The molecule has 0 heterocycles. The summed E-state index contributed by atoms with van der Waals surface area (Å²) in [6, 6.07) is 5.44. The second kappa shape index (κ2) is 8.37. The minimum absolute atomic E-state index is 0.0243. The molecule has 1 rings (SSSR count). The lowest BCUT2D eigenvalue weighted by Gasteiger charge is -2.30. The molecule has 0 bridgehead atoms. The van der Waals surface area contributed by atoms with Crippen molar-refractivity contribution in [2.45, 2.75) is 39.8 Å². The number of carbonyl (C=O) groups excluding carboxylic acids is 1. The van der Waals surface area contributed by atoms with Gasteiger partial charge >= 0.3 is 12.2 Å². The highest BCUT2D eigenvalue weighted by Gasteiger charge is 2.29. The van der Waals surface area contributed by atoms with E-state index in [0.29, 0.717) is 19.5 Å². The Hall–Kier alpha value is -1.76. The molecule has 0 radical (unpaired) electrons. The molecule has 0 aliphatic carbocycles. The summed E-state index contributed by atoms with van der Waals surface area (Å²) < 4.78 is 38.0. The first-order valence-electron chi connectivity index (χ1n) is 7.83. The van der Waals surface area contributed by atoms with E-state index in [2.05, 4.69) is 5.32 Å². The molecule has 0 saturated heterocycles. The summed E-state index contributed by atoms with van der Waals surface area (Å²) in [6.07, 6.45) is -5.03. The second-order valence-corrected chi connectivity index (χ2v) is 6.94. The number of hydrogen-bond donors (Lipinski definition) is 2. The number of halogens is 3. The number of hydrogen-bond acceptors (Lipinski definition) is 2. The number of carbonyl (C=O) groups is 1. The number of para-hydroxylation sites is 1. The Bertz CT molecular complexity index is 539. The number of anilines is 1. The van der Waals surface area contributed by atoms with Gasteiger partial charge in [0.25, 0.3) is 0 Å². The molecule has 1 aromatic rings. The lowest BCUT2D eigenvalue weighted by Crippen LogP contribution is -2.41. The minimum atomic E-state index is -4.34. The van der Waals surface area contributed by atoms with E-state index < -0.39 is 18.6 Å². The van der Waals surface area contributed by atoms with Crippen molar-refractivity contribution in [3.05, 3.63) is 29.8 Å². The first kappa shape index (κ1) is 20.3. The number of nitrogens with one attached hydrogen (secondary N) is 1. The van der Waals surface area contributed by atoms with Gasteiger partial charge in [-0.15, -0.1) is 0 Å². The van der Waals surface area contributed by atoms with Crippen molar-refractivity contribution in [3.63, 3.8) is 0 Å². The van der Waals surface area contributed by atoms with Crippen molar-refractivity contribution in [2.75, 3.05) is 25.0 Å². The largest absolute Gasteiger partial charge is 0.396 e. The number of alkyl halides is 3. The van der Waals surface area contributed by atoms with Crippen LogP contribution in [0.1, 0.15) is 32.8 Å². The van der Waals surface area contributed by atoms with Crippen LogP contribution < -0.4 is 5.32 Å². The van der Waals surface area contributed by atoms with E-state index in [4.69, 9.17) is 5.11 Å². The van der Waals surface area contributed by atoms with Crippen molar-refractivity contribution in [2.24, 2.45) is 5.41 Å². The van der Waals surface area contributed by atoms with Gasteiger partial charge in [-0.1, -0.05) is 39.0 Å². The fourth-order valence-corrected chi connectivity index (χ4v) is 2.29. The number of rotatable bonds is 6. The molecule has 0 fully saturated rings. The lowest BCUT2D eigenvalue weighted by molar-refractivity contribution is -0.127. The van der Waals surface area contributed by atoms with E-state index in [9.17, 15) is 18.0 Å². The molecular formula is C17H25F3N2O2. The van der Waals surface area contributed by atoms with Gasteiger partial charge in [0.15, 0.2) is 0 Å². The Labute approximate surface area is 140 Å². The van der Waals surface area contributed by atoms with Gasteiger partial charge in [-0.2, -0.15) is 13.2 Å². The summed E-state index contributed by atoms with van der Waals surface area (Å²) in [7, 11) is 0. The highest BCUT2D eigenvalue weighted by atomic mass is 19.4. The van der Waals surface area contributed by atoms with E-state index >= 15 is 0 Å². The maximum absolute atomic E-state index is 12.7. The molecule has 24 heavy (non-hydrogen) atoms. The summed E-state index contributed by atoms with van der Waals surface area (Å²) in [6.45, 7) is 6.59. The number of aliphatic hydroxyl groups is 1. The van der Waals surface area contributed by atoms with E-state index in [1.807, 2.05) is 20.8 Å². The summed E-state index contributed by atoms with van der Waals surface area (Å²) in [5.74, 6) is 0. The highest BCUT2D eigenvalue weighted by Crippen LogP contribution is 2.26. The van der Waals surface area contributed by atoms with E-state index in [-0.39, 0.29) is 23.3 Å². The molecule has 7 heteroatoms. The topological polar surface area (TPSA) is 52.6 Å². The van der Waals surface area contributed by atoms with Gasteiger partial charge < -0.3 is 15.3 Å². The predicted molar refractivity (Wildman–Crippen MR) is 88.0 cm³/mol. The molecule has 0 unspecified atom stereocenters. The number of urea groups is 1. The average molecular weight is 346 g/mol. The van der Waals surface area contributed by atoms with Crippen LogP contribution in [0.5, 0.6) is 0 Å². The van der Waals surface area contributed by atoms with Gasteiger partial charge in [0.05, 0.1) is 6.42 Å². The molecule has 4 nitrogen and oxygen atoms in total. The standard InChI is InChI=1S/C17H25F3N2O2/c1-16(2,3)12-22(9-6-10-23)15(24)21-14-8-5-4-7-13(14)11-17(18,19)20/h4-5,7-8,23H,6,9-12H2,1-3H3,(H,21,24). The average Bonchev–Trinajstić information content (AvgIpc) is 2.42. The van der Waals surface area contributed by atoms with Crippen LogP contribution in [0, 0.1) is 5.41 Å². The van der Waals surface area contributed by atoms with Crippen molar-refractivity contribution in [3.8, 4) is 0 Å². The van der Waals surface area contributed by atoms with Crippen LogP contribution in [-0.2, 0) is 6.42 Å². The van der Waals surface area contributed by atoms with E-state index in [1.54, 1.807) is 6.07 Å². The second-order valence-electron chi connectivity index (χ2n) is 6.94. The van der Waals surface area contributed by atoms with Crippen molar-refractivity contribution >= 4 is 11.7 Å². The zero-order chi connectivity index (χ0) is 18.4. The Kier molecular flexibility index (Phi) is 7.08. The van der Waals surface area contributed by atoms with E-state index in [1.165, 1.54) is 23.1 Å². The molecule has 0 atom stereocenters. The van der Waals surface area contributed by atoms with Gasteiger partial charge in [-0.3, -0.25) is 0 Å². The first-order chi connectivity index (χ1) is 11.0. The van der Waals surface area contributed by atoms with Gasteiger partial charge in [0.1, 0.15) is 0 Å². The summed E-state index contributed by atoms with van der Waals surface area (Å²) in [4.78, 5) is 14.0. The summed E-state index contributed by atoms with van der Waals surface area (Å²) in [5, 5.41) is 11.5. The van der Waals surface area contributed by atoms with Crippen LogP contribution in [0.4, 0.5) is 23.7 Å². The third kappa shape index (κ3) is 7.68. The Balaban J connectivity index is 2.90. The maximum Gasteiger partial charge on any atom is 0.393 e. The van der Waals surface area contributed by atoms with Crippen molar-refractivity contribution in [1.29, 1.82) is 0 Å². The zero-order valence-corrected chi connectivity index (χ0v) is 14.3. The third-order valence-electron chi connectivity index (χ3n) is 3.19. The summed E-state index contributed by atoms with van der Waals surface area (Å²) >= 11 is 0. The fraction of sp³-hybridized carbons (Fsp3) is 0.588. The van der Waals surface area contributed by atoms with Crippen LogP contribution in [0.15, 0.2) is 24.3 Å². The molecule has 0 aliphatic rings. The smallest absolute Gasteiger partial charge is 0.393 e. The first-order valence-corrected chi connectivity index (χ1v) is 7.83. The maximum atomic E-state index is 12.7. The number of benzene rings is 1. The quantitative estimate of drug-likeness (QED) is 0.816. The number of aliphatic hydroxyl groups excluding tert-OH is 1. The molecular weight excluding hydrogens is 321 g/mol. The third-order valence-corrected chi connectivity index (χ3v) is 3.19. The van der Waals surface area contributed by atoms with Crippen LogP contribution >= 0.6 is 0 Å². The summed E-state index contributed by atoms with van der Waals surface area (Å²) in [5.41, 5.74) is 0.0112. The van der Waals surface area contributed by atoms with Crippen molar-refractivity contribution < 1.29 is 23.1 Å². The molecule has 2 amide bonds. The molecule has 0 aromatic heterocycles. The highest BCUT2D eigenvalue weighted by molar-refractivity contribution is 5.90. The van der Waals surface area contributed by atoms with Crippen molar-refractivity contribution in [1.82, 2.24) is 4.90 Å². The molecule has 2 N–H and O–H groups in total. The predicted octanol–water partition coefficient (Wildman–Crippen LogP) is 4.05. The molecule has 136 valence electrons. The molecule has 0 saturated carbocycles. The monoisotopic (exact) mass is 346 g/mol. The molecule has 1 aromatic carbocycles. The van der Waals surface area contributed by atoms with Gasteiger partial charge in [-0.05, 0) is 23.5 Å². The van der Waals surface area contributed by atoms with Crippen LogP contribution in [0.25, 0.3) is 0 Å². The number of nitrogens with zero attached hydrogens (tertiary/aromatic N) is 1.